The Morgan fingerprint density at radius 3 is 1.28 bits per heavy atom. The lowest BCUT2D eigenvalue weighted by atomic mass is 9.83. The molecule has 127 heavy (non-hydrogen) atoms. The van der Waals surface area contributed by atoms with Gasteiger partial charge < -0.3 is 87.2 Å². The fraction of sp³-hybridized carbons (Fsp3) is 0.478. The van der Waals surface area contributed by atoms with Crippen molar-refractivity contribution in [1.82, 2.24) is 94.3 Å². The van der Waals surface area contributed by atoms with Crippen molar-refractivity contribution in [3.8, 4) is 0 Å². The van der Waals surface area contributed by atoms with Crippen LogP contribution in [-0.2, 0) is 53.2 Å². The van der Waals surface area contributed by atoms with E-state index in [1.54, 1.807) is 24.9 Å². The van der Waals surface area contributed by atoms with E-state index in [9.17, 15) is 14.4 Å². The Hall–Kier alpha value is -10.4. The van der Waals surface area contributed by atoms with Gasteiger partial charge in [-0.1, -0.05) is 71.7 Å². The molecule has 0 atom stereocenters. The number of carbonyl (C=O) groups excluding carboxylic acids is 3. The highest BCUT2D eigenvalue weighted by Crippen LogP contribution is 2.34. The van der Waals surface area contributed by atoms with Gasteiger partial charge in [0.15, 0.2) is 49.9 Å². The zero-order valence-corrected chi connectivity index (χ0v) is 80.0. The number of fused-ring (bicyclic) bond motifs is 4. The third kappa shape index (κ3) is 33.6. The second-order valence-corrected chi connectivity index (χ2v) is 37.0. The zero-order chi connectivity index (χ0) is 93.2. The Morgan fingerprint density at radius 1 is 0.472 bits per heavy atom. The number of nitrogens with one attached hydrogen (secondary N) is 5. The molecule has 3 aliphatic rings. The van der Waals surface area contributed by atoms with Crippen molar-refractivity contribution in [3.05, 3.63) is 176 Å². The number of imidazole rings is 3. The van der Waals surface area contributed by atoms with E-state index in [2.05, 4.69) is 133 Å². The van der Waals surface area contributed by atoms with E-state index < -0.39 is 35.1 Å². The summed E-state index contributed by atoms with van der Waals surface area (Å²) in [5.74, 6) is 2.69. The molecule has 14 rings (SSSR count). The maximum absolute atomic E-state index is 12.1. The van der Waals surface area contributed by atoms with E-state index in [4.69, 9.17) is 105 Å². The minimum Gasteiger partial charge on any atom is -0.444 e. The van der Waals surface area contributed by atoms with Gasteiger partial charge in [-0.05, 0) is 295 Å². The first-order valence-electron chi connectivity index (χ1n) is 42.4. The van der Waals surface area contributed by atoms with Crippen LogP contribution in [0.2, 0.25) is 26.2 Å². The van der Waals surface area contributed by atoms with Crippen LogP contribution < -0.4 is 49.5 Å². The number of benzene rings is 4. The number of halogens is 5. The fourth-order valence-electron chi connectivity index (χ4n) is 13.5. The number of nitrogen functional groups attached to an aromatic ring is 2. The molecule has 2 aliphatic carbocycles. The Morgan fingerprint density at radius 2 is 0.850 bits per heavy atom. The minimum atomic E-state index is -0.537. The van der Waals surface area contributed by atoms with Gasteiger partial charge in [-0.2, -0.15) is 15.0 Å². The van der Waals surface area contributed by atoms with Crippen molar-refractivity contribution in [1.29, 1.82) is 0 Å². The first-order chi connectivity index (χ1) is 59.9. The average Bonchev–Trinajstić information content (AvgIpc) is 1.66. The first-order valence-corrected chi connectivity index (χ1v) is 44.3. The summed E-state index contributed by atoms with van der Waals surface area (Å²) >= 11 is 29.0. The topological polar surface area (TPSA) is 419 Å². The standard InChI is InChI=1S/C29H43N7O2.C20H25ClN6O2.C12H18N2O2.C8H8Cl2N4.C8H18N2.C7H10N2.C6H3Cl2N3/c1-19(2)36-18-31-25-26(32-22-10-8-9-21(15-22)17-30-28(37)38-29(3,4)5)33-24(34-27(25)36)16-20-11-13-23(14-12-20)35(6)7;1-12(2)27-11-23-15-16(25-18(21)26-17(15)27)24-14-8-6-7-13(9-14)10-22-19(28)29-20(3,4)5;1-12(2,3)16-11(15)14-8-9-5-4-6-10(13)7-9;1-4(2)14-3-11-5-6(9)12-8(10)13-7(5)14;1-10(2)8-5-3-7(9)4-6-8;8-5-6-2-1-3-7(9)4-6;7-5-4-3(1-2-9-4)10-6(8)11-5/h8-10,15,18-20,23H,11-14,16-17H2,1-7H3,(H,30,37)(H,32,33,34);6-9,11-12H,10H2,1-5H3,(H,22,28)(H,24,25,26);4-7H,8,13H2,1-3H3,(H,14,15);3-4H,1-2H3;7-8H,3-6,9H2,1-2H3;1-4H,5,8-9H2;2H,1H2. The number of nitrogens with zero attached hydrogens (tertiary/aromatic N) is 17. The molecule has 2 saturated carbocycles. The van der Waals surface area contributed by atoms with Crippen LogP contribution >= 0.6 is 58.0 Å². The lowest BCUT2D eigenvalue weighted by Gasteiger charge is -2.32. The number of alkyl carbamates (subject to hydrolysis) is 3. The summed E-state index contributed by atoms with van der Waals surface area (Å²) in [6.07, 6.45) is 17.1. The molecule has 0 saturated heterocycles. The second kappa shape index (κ2) is 47.6. The molecule has 11 aromatic rings. The summed E-state index contributed by atoms with van der Waals surface area (Å²) in [5.41, 5.74) is 33.4. The number of nitrogens with two attached hydrogens (primary N) is 4. The first kappa shape index (κ1) is 102. The molecule has 0 bridgehead atoms. The van der Waals surface area contributed by atoms with Gasteiger partial charge in [0.1, 0.15) is 33.8 Å². The van der Waals surface area contributed by atoms with Crippen LogP contribution in [0.4, 0.5) is 54.5 Å². The number of amides is 3. The highest BCUT2D eigenvalue weighted by molar-refractivity contribution is 6.35. The summed E-state index contributed by atoms with van der Waals surface area (Å²) in [6.45, 7) is 30.6. The molecule has 0 spiro atoms. The lowest BCUT2D eigenvalue weighted by molar-refractivity contribution is 0.0512. The zero-order valence-electron chi connectivity index (χ0n) is 76.2. The van der Waals surface area contributed by atoms with Gasteiger partial charge in [0.25, 0.3) is 0 Å². The monoisotopic (exact) mass is 1840 g/mol. The SMILES string of the molecule is CC(C)(C)OC(=O)NCc1cccc(N)c1.CC(C)n1cnc2c(Cl)nc(Cl)nc21.CC(C)n1cnc2c(Nc3cccc(CNC(=O)OC(C)(C)C)c3)nc(CC3CCC(N(C)C)CC3)nc21.CC(C)n1cnc2c(Nc3cccc(CNC(=O)OC(C)(C)C)c3)nc(Cl)nc21.CN(C)C1CCC(N)CC1.Clc1nc(Cl)c2c(n1)CC=N2.NCc1cccc(N)c1. The highest BCUT2D eigenvalue weighted by atomic mass is 35.5. The second-order valence-electron chi connectivity index (χ2n) is 35.2. The van der Waals surface area contributed by atoms with Crippen LogP contribution in [0.15, 0.2) is 121 Å². The van der Waals surface area contributed by atoms with Gasteiger partial charge in [0.2, 0.25) is 15.9 Å². The molecule has 3 amide bonds. The third-order valence-electron chi connectivity index (χ3n) is 19.8. The maximum Gasteiger partial charge on any atom is 0.407 e. The number of aliphatic imine (C=N–C) groups is 1. The van der Waals surface area contributed by atoms with Crippen molar-refractivity contribution in [2.75, 3.05) is 50.3 Å². The van der Waals surface area contributed by atoms with Crippen LogP contribution in [0.5, 0.6) is 0 Å². The third-order valence-corrected chi connectivity index (χ3v) is 20.8. The summed E-state index contributed by atoms with van der Waals surface area (Å²) in [5, 5.41) is 16.1. The van der Waals surface area contributed by atoms with E-state index in [1.807, 2.05) is 196 Å². The number of rotatable bonds is 18. The van der Waals surface area contributed by atoms with Crippen molar-refractivity contribution >= 4 is 156 Å². The molecule has 0 unspecified atom stereocenters. The minimum absolute atomic E-state index is 0.143. The quantitative estimate of drug-likeness (QED) is 0.0167. The molecule has 13 N–H and O–H groups in total. The van der Waals surface area contributed by atoms with Crippen LogP contribution in [0, 0.1) is 5.92 Å². The molecular weight excluding hydrogens is 1720 g/mol. The van der Waals surface area contributed by atoms with Gasteiger partial charge >= 0.3 is 18.3 Å². The highest BCUT2D eigenvalue weighted by Gasteiger charge is 2.27. The molecular formula is C90H125Cl5N26O6. The van der Waals surface area contributed by atoms with E-state index >= 15 is 0 Å². The Labute approximate surface area is 770 Å². The van der Waals surface area contributed by atoms with Gasteiger partial charge in [0, 0.05) is 104 Å². The normalized spacial score (nSPS) is 15.4. The van der Waals surface area contributed by atoms with Crippen molar-refractivity contribution < 1.29 is 28.6 Å². The van der Waals surface area contributed by atoms with E-state index in [1.165, 1.54) is 51.4 Å². The largest absolute Gasteiger partial charge is 0.444 e. The lowest BCUT2D eigenvalue weighted by Crippen LogP contribution is -2.36. The summed E-state index contributed by atoms with van der Waals surface area (Å²) in [4.78, 5) is 91.3. The van der Waals surface area contributed by atoms with Gasteiger partial charge in [-0.15, -0.1) is 0 Å². The summed E-state index contributed by atoms with van der Waals surface area (Å²) in [6, 6.07) is 33.1. The Kier molecular flexibility index (Phi) is 38.2. The molecule has 0 radical (unpaired) electrons. The molecule has 686 valence electrons. The molecule has 8 heterocycles. The van der Waals surface area contributed by atoms with Crippen LogP contribution in [-0.4, -0.2) is 166 Å². The molecule has 37 heteroatoms. The van der Waals surface area contributed by atoms with E-state index in [0.29, 0.717) is 106 Å². The van der Waals surface area contributed by atoms with Crippen molar-refractivity contribution in [3.63, 3.8) is 0 Å². The van der Waals surface area contributed by atoms with Crippen molar-refractivity contribution in [2.24, 2.45) is 22.4 Å². The van der Waals surface area contributed by atoms with Crippen molar-refractivity contribution in [2.45, 2.75) is 247 Å². The molecule has 4 aromatic carbocycles. The number of hydrogen-bond donors (Lipinski definition) is 9. The summed E-state index contributed by atoms with van der Waals surface area (Å²) in [7, 11) is 8.66. The van der Waals surface area contributed by atoms with Crippen LogP contribution in [0.25, 0.3) is 33.5 Å². The Balaban J connectivity index is 0.000000196. The number of anilines is 6. The van der Waals surface area contributed by atoms with E-state index in [-0.39, 0.29) is 34.0 Å². The van der Waals surface area contributed by atoms with E-state index in [0.717, 1.165) is 74.5 Å². The molecule has 2 fully saturated rings. The Bertz CT molecular complexity index is 5430. The maximum atomic E-state index is 12.1. The predicted octanol–water partition coefficient (Wildman–Crippen LogP) is 19.3. The smallest absolute Gasteiger partial charge is 0.407 e. The number of ether oxygens (including phenoxy) is 3. The molecule has 32 nitrogen and oxygen atoms in total. The average molecular weight is 1840 g/mol. The number of aromatic nitrogens is 14. The van der Waals surface area contributed by atoms with Crippen LogP contribution in [0.1, 0.15) is 207 Å². The molecule has 1 aliphatic heterocycles. The number of hydrogen-bond acceptors (Lipinski definition) is 26. The van der Waals surface area contributed by atoms with Gasteiger partial charge in [-0.25, -0.2) is 54.3 Å². The predicted molar refractivity (Wildman–Crippen MR) is 511 cm³/mol. The van der Waals surface area contributed by atoms with Crippen LogP contribution in [0.3, 0.4) is 0 Å². The van der Waals surface area contributed by atoms with Gasteiger partial charge in [0.05, 0.1) is 24.7 Å². The van der Waals surface area contributed by atoms with Gasteiger partial charge in [-0.3, -0.25) is 4.99 Å². The molecule has 7 aromatic heterocycles. The summed E-state index contributed by atoms with van der Waals surface area (Å²) < 4.78 is 21.7. The fourth-order valence-corrected chi connectivity index (χ4v) is 14.5. The number of carbonyl (C=O) groups is 3.